The number of ether oxygens (including phenoxy) is 1. The number of hydrogen-bond donors (Lipinski definition) is 2. The van der Waals surface area contributed by atoms with Crippen molar-refractivity contribution >= 4 is 23.2 Å². The summed E-state index contributed by atoms with van der Waals surface area (Å²) in [5.41, 5.74) is 3.00. The molecule has 2 unspecified atom stereocenters. The van der Waals surface area contributed by atoms with Gasteiger partial charge in [-0.05, 0) is 30.5 Å². The minimum absolute atomic E-state index is 0.0254. The van der Waals surface area contributed by atoms with E-state index in [4.69, 9.17) is 4.74 Å². The van der Waals surface area contributed by atoms with Crippen molar-refractivity contribution in [2.24, 2.45) is 11.8 Å². The van der Waals surface area contributed by atoms with E-state index in [1.807, 2.05) is 54.6 Å². The number of morpholine rings is 1. The molecule has 1 aliphatic heterocycles. The molecule has 29 heavy (non-hydrogen) atoms. The van der Waals surface area contributed by atoms with Gasteiger partial charge >= 0.3 is 0 Å². The number of carbonyl (C=O) groups is 2. The number of benzene rings is 2. The molecule has 2 amide bonds. The SMILES string of the molecule is O=C(NCCc1ccccc1)C1CC1C(=O)Nc1ccccc1N1CCOCC1. The zero-order chi connectivity index (χ0) is 20.1. The van der Waals surface area contributed by atoms with E-state index in [1.54, 1.807) is 0 Å². The highest BCUT2D eigenvalue weighted by Gasteiger charge is 2.48. The van der Waals surface area contributed by atoms with E-state index in [0.29, 0.717) is 26.2 Å². The predicted octanol–water partition coefficient (Wildman–Crippen LogP) is 2.46. The van der Waals surface area contributed by atoms with Crippen LogP contribution < -0.4 is 15.5 Å². The molecule has 6 nitrogen and oxygen atoms in total. The Kier molecular flexibility index (Phi) is 6.10. The Morgan fingerprint density at radius 1 is 0.931 bits per heavy atom. The third kappa shape index (κ3) is 4.95. The van der Waals surface area contributed by atoms with Crippen molar-refractivity contribution in [3.63, 3.8) is 0 Å². The van der Waals surface area contributed by atoms with Gasteiger partial charge in [-0.3, -0.25) is 9.59 Å². The lowest BCUT2D eigenvalue weighted by atomic mass is 10.1. The van der Waals surface area contributed by atoms with Crippen LogP contribution in [0.2, 0.25) is 0 Å². The Morgan fingerprint density at radius 3 is 2.41 bits per heavy atom. The Labute approximate surface area is 171 Å². The molecule has 0 radical (unpaired) electrons. The van der Waals surface area contributed by atoms with Crippen LogP contribution >= 0.6 is 0 Å². The van der Waals surface area contributed by atoms with Crippen LogP contribution in [0.3, 0.4) is 0 Å². The summed E-state index contributed by atoms with van der Waals surface area (Å²) in [7, 11) is 0. The highest BCUT2D eigenvalue weighted by molar-refractivity contribution is 6.01. The van der Waals surface area contributed by atoms with E-state index >= 15 is 0 Å². The molecule has 2 atom stereocenters. The second kappa shape index (κ2) is 9.09. The average Bonchev–Trinajstić information content (AvgIpc) is 3.57. The van der Waals surface area contributed by atoms with Crippen LogP contribution in [0.5, 0.6) is 0 Å². The molecule has 0 bridgehead atoms. The molecular formula is C23H27N3O3. The van der Waals surface area contributed by atoms with Crippen LogP contribution in [0.15, 0.2) is 54.6 Å². The number of para-hydroxylation sites is 2. The summed E-state index contributed by atoms with van der Waals surface area (Å²) in [5.74, 6) is -0.567. The van der Waals surface area contributed by atoms with Crippen LogP contribution in [-0.4, -0.2) is 44.7 Å². The molecular weight excluding hydrogens is 366 g/mol. The van der Waals surface area contributed by atoms with Gasteiger partial charge in [0, 0.05) is 19.6 Å². The smallest absolute Gasteiger partial charge is 0.228 e. The van der Waals surface area contributed by atoms with Gasteiger partial charge in [0.05, 0.1) is 36.4 Å². The fourth-order valence-electron chi connectivity index (χ4n) is 3.77. The maximum Gasteiger partial charge on any atom is 0.228 e. The van der Waals surface area contributed by atoms with Crippen molar-refractivity contribution in [1.29, 1.82) is 0 Å². The first kappa shape index (κ1) is 19.5. The van der Waals surface area contributed by atoms with Gasteiger partial charge in [0.25, 0.3) is 0 Å². The van der Waals surface area contributed by atoms with Gasteiger partial charge in [-0.25, -0.2) is 0 Å². The summed E-state index contributed by atoms with van der Waals surface area (Å²) >= 11 is 0. The zero-order valence-corrected chi connectivity index (χ0v) is 16.5. The lowest BCUT2D eigenvalue weighted by molar-refractivity contribution is -0.125. The normalized spacial score (nSPS) is 20.8. The predicted molar refractivity (Wildman–Crippen MR) is 113 cm³/mol. The Hall–Kier alpha value is -2.86. The summed E-state index contributed by atoms with van der Waals surface area (Å²) in [4.78, 5) is 27.3. The maximum absolute atomic E-state index is 12.7. The summed E-state index contributed by atoms with van der Waals surface area (Å²) in [6.45, 7) is 3.59. The number of rotatable bonds is 7. The van der Waals surface area contributed by atoms with Gasteiger partial charge < -0.3 is 20.3 Å². The molecule has 2 aromatic carbocycles. The van der Waals surface area contributed by atoms with Gasteiger partial charge in [0.2, 0.25) is 11.8 Å². The fraction of sp³-hybridized carbons (Fsp3) is 0.391. The molecule has 0 spiro atoms. The van der Waals surface area contributed by atoms with E-state index in [1.165, 1.54) is 5.56 Å². The maximum atomic E-state index is 12.7. The summed E-state index contributed by atoms with van der Waals surface area (Å²) in [5, 5.41) is 6.00. The number of anilines is 2. The summed E-state index contributed by atoms with van der Waals surface area (Å²) in [6, 6.07) is 17.9. The third-order valence-electron chi connectivity index (χ3n) is 5.53. The summed E-state index contributed by atoms with van der Waals surface area (Å²) < 4.78 is 5.42. The van der Waals surface area contributed by atoms with Crippen molar-refractivity contribution in [1.82, 2.24) is 5.32 Å². The Balaban J connectivity index is 1.27. The van der Waals surface area contributed by atoms with Gasteiger partial charge in [0.15, 0.2) is 0 Å². The second-order valence-corrected chi connectivity index (χ2v) is 7.58. The molecule has 4 rings (SSSR count). The molecule has 2 N–H and O–H groups in total. The lowest BCUT2D eigenvalue weighted by Gasteiger charge is -2.30. The number of hydrogen-bond acceptors (Lipinski definition) is 4. The first-order valence-corrected chi connectivity index (χ1v) is 10.3. The van der Waals surface area contributed by atoms with Crippen molar-refractivity contribution in [2.75, 3.05) is 43.1 Å². The number of carbonyl (C=O) groups excluding carboxylic acids is 2. The van der Waals surface area contributed by atoms with Crippen LogP contribution in [0.4, 0.5) is 11.4 Å². The largest absolute Gasteiger partial charge is 0.378 e. The molecule has 2 aliphatic rings. The minimum Gasteiger partial charge on any atom is -0.378 e. The number of nitrogens with one attached hydrogen (secondary N) is 2. The monoisotopic (exact) mass is 393 g/mol. The van der Waals surface area contributed by atoms with Crippen molar-refractivity contribution in [2.45, 2.75) is 12.8 Å². The topological polar surface area (TPSA) is 70.7 Å². The van der Waals surface area contributed by atoms with Gasteiger partial charge in [0.1, 0.15) is 0 Å². The van der Waals surface area contributed by atoms with Crippen molar-refractivity contribution in [3.8, 4) is 0 Å². The number of nitrogens with zero attached hydrogens (tertiary/aromatic N) is 1. The highest BCUT2D eigenvalue weighted by atomic mass is 16.5. The average molecular weight is 393 g/mol. The molecule has 1 saturated carbocycles. The molecule has 2 aromatic rings. The molecule has 0 aromatic heterocycles. The summed E-state index contributed by atoms with van der Waals surface area (Å²) in [6.07, 6.45) is 1.41. The number of amides is 2. The first-order chi connectivity index (χ1) is 14.2. The van der Waals surface area contributed by atoms with E-state index < -0.39 is 0 Å². The van der Waals surface area contributed by atoms with E-state index in [0.717, 1.165) is 30.9 Å². The van der Waals surface area contributed by atoms with Crippen LogP contribution in [0.1, 0.15) is 12.0 Å². The van der Waals surface area contributed by atoms with E-state index in [-0.39, 0.29) is 23.7 Å². The minimum atomic E-state index is -0.246. The Morgan fingerprint density at radius 2 is 1.62 bits per heavy atom. The molecule has 1 saturated heterocycles. The Bertz CT molecular complexity index is 849. The van der Waals surface area contributed by atoms with Crippen LogP contribution in [-0.2, 0) is 20.7 Å². The lowest BCUT2D eigenvalue weighted by Crippen LogP contribution is -2.36. The molecule has 6 heteroatoms. The van der Waals surface area contributed by atoms with Crippen molar-refractivity contribution < 1.29 is 14.3 Å². The molecule has 1 aliphatic carbocycles. The van der Waals surface area contributed by atoms with Crippen LogP contribution in [0.25, 0.3) is 0 Å². The highest BCUT2D eigenvalue weighted by Crippen LogP contribution is 2.40. The van der Waals surface area contributed by atoms with Gasteiger partial charge in [-0.1, -0.05) is 42.5 Å². The second-order valence-electron chi connectivity index (χ2n) is 7.58. The standard InChI is InChI=1S/C23H27N3O3/c27-22(24-11-10-17-6-2-1-3-7-17)18-16-19(18)23(28)25-20-8-4-5-9-21(20)26-12-14-29-15-13-26/h1-9,18-19H,10-16H2,(H,24,27)(H,25,28). The van der Waals surface area contributed by atoms with Gasteiger partial charge in [-0.2, -0.15) is 0 Å². The van der Waals surface area contributed by atoms with Crippen molar-refractivity contribution in [3.05, 3.63) is 60.2 Å². The fourth-order valence-corrected chi connectivity index (χ4v) is 3.77. The van der Waals surface area contributed by atoms with Crippen LogP contribution in [0, 0.1) is 11.8 Å². The van der Waals surface area contributed by atoms with E-state index in [2.05, 4.69) is 15.5 Å². The zero-order valence-electron chi connectivity index (χ0n) is 16.5. The molecule has 2 fully saturated rings. The first-order valence-electron chi connectivity index (χ1n) is 10.3. The van der Waals surface area contributed by atoms with E-state index in [9.17, 15) is 9.59 Å². The molecule has 152 valence electrons. The quantitative estimate of drug-likeness (QED) is 0.758. The molecule has 1 heterocycles. The van der Waals surface area contributed by atoms with Gasteiger partial charge in [-0.15, -0.1) is 0 Å². The third-order valence-corrected chi connectivity index (χ3v) is 5.53.